The van der Waals surface area contributed by atoms with Crippen LogP contribution in [0.3, 0.4) is 0 Å². The number of nitro groups is 1. The molecule has 0 radical (unpaired) electrons. The third kappa shape index (κ3) is 2.55. The van der Waals surface area contributed by atoms with E-state index in [1.54, 1.807) is 7.05 Å². The number of carbonyl (C=O) groups is 1. The normalized spacial score (nSPS) is 18.1. The lowest BCUT2D eigenvalue weighted by Crippen LogP contribution is -2.38. The van der Waals surface area contributed by atoms with Crippen molar-refractivity contribution in [2.24, 2.45) is 0 Å². The third-order valence-electron chi connectivity index (χ3n) is 3.41. The minimum atomic E-state index is -0.621. The Morgan fingerprint density at radius 1 is 1.70 bits per heavy atom. The molecule has 1 saturated heterocycles. The van der Waals surface area contributed by atoms with E-state index in [0.29, 0.717) is 18.8 Å². The Labute approximate surface area is 115 Å². The zero-order valence-electron chi connectivity index (χ0n) is 11.1. The summed E-state index contributed by atoms with van der Waals surface area (Å²) >= 11 is 0. The molecule has 1 aliphatic rings. The number of aliphatic hydroxyl groups excluding tert-OH is 1. The molecule has 2 N–H and O–H groups in total. The second-order valence-electron chi connectivity index (χ2n) is 4.57. The van der Waals surface area contributed by atoms with Crippen molar-refractivity contribution in [1.82, 2.24) is 9.88 Å². The molecule has 1 aromatic rings. The van der Waals surface area contributed by atoms with Crippen molar-refractivity contribution >= 4 is 17.4 Å². The van der Waals surface area contributed by atoms with Crippen LogP contribution in [0.1, 0.15) is 23.2 Å². The number of aromatic nitrogens is 1. The molecule has 0 aromatic carbocycles. The highest BCUT2D eigenvalue weighted by molar-refractivity contribution is 5.99. The van der Waals surface area contributed by atoms with Gasteiger partial charge in [-0.25, -0.2) is 4.98 Å². The quantitative estimate of drug-likeness (QED) is 0.618. The van der Waals surface area contributed by atoms with Gasteiger partial charge in [0.05, 0.1) is 17.6 Å². The Hall–Kier alpha value is -2.22. The van der Waals surface area contributed by atoms with E-state index in [0.717, 1.165) is 12.6 Å². The zero-order chi connectivity index (χ0) is 14.7. The molecule has 8 heteroatoms. The predicted molar refractivity (Wildman–Crippen MR) is 71.6 cm³/mol. The van der Waals surface area contributed by atoms with E-state index in [1.165, 1.54) is 11.0 Å². The van der Waals surface area contributed by atoms with Gasteiger partial charge < -0.3 is 15.3 Å². The molecule has 108 valence electrons. The minimum absolute atomic E-state index is 0.00491. The highest BCUT2D eigenvalue weighted by Gasteiger charge is 2.32. The molecule has 1 unspecified atom stereocenters. The standard InChI is InChI=1S/C12H16N4O4/c1-13-11-5-9(10(6-14-11)16(19)20)12(18)15-4-2-3-8(15)7-17/h5-6,8,17H,2-4,7H2,1H3,(H,13,14). The molecule has 1 aromatic heterocycles. The van der Waals surface area contributed by atoms with Gasteiger partial charge in [-0.05, 0) is 12.8 Å². The van der Waals surface area contributed by atoms with E-state index in [4.69, 9.17) is 0 Å². The van der Waals surface area contributed by atoms with Crippen LogP contribution in [-0.4, -0.2) is 52.1 Å². The Kier molecular flexibility index (Phi) is 4.14. The second kappa shape index (κ2) is 5.83. The molecule has 1 aliphatic heterocycles. The SMILES string of the molecule is CNc1cc(C(=O)N2CCCC2CO)c([N+](=O)[O-])cn1. The Morgan fingerprint density at radius 2 is 2.45 bits per heavy atom. The van der Waals surface area contributed by atoms with E-state index >= 15 is 0 Å². The molecule has 2 rings (SSSR count). The molecule has 0 saturated carbocycles. The van der Waals surface area contributed by atoms with Crippen LogP contribution in [-0.2, 0) is 0 Å². The van der Waals surface area contributed by atoms with Crippen molar-refractivity contribution < 1.29 is 14.8 Å². The average Bonchev–Trinajstić information content (AvgIpc) is 2.94. The molecule has 1 atom stereocenters. The van der Waals surface area contributed by atoms with Crippen LogP contribution in [0.25, 0.3) is 0 Å². The third-order valence-corrected chi connectivity index (χ3v) is 3.41. The topological polar surface area (TPSA) is 109 Å². The molecule has 0 spiro atoms. The van der Waals surface area contributed by atoms with Crippen LogP contribution in [0, 0.1) is 10.1 Å². The molecule has 0 aliphatic carbocycles. The van der Waals surface area contributed by atoms with Gasteiger partial charge in [0, 0.05) is 19.7 Å². The summed E-state index contributed by atoms with van der Waals surface area (Å²) in [5, 5.41) is 23.0. The van der Waals surface area contributed by atoms with E-state index in [2.05, 4.69) is 10.3 Å². The summed E-state index contributed by atoms with van der Waals surface area (Å²) in [6.45, 7) is 0.363. The molecular weight excluding hydrogens is 264 g/mol. The van der Waals surface area contributed by atoms with E-state index < -0.39 is 10.8 Å². The summed E-state index contributed by atoms with van der Waals surface area (Å²) in [4.78, 5) is 28.2. The largest absolute Gasteiger partial charge is 0.394 e. The fraction of sp³-hybridized carbons (Fsp3) is 0.500. The summed E-state index contributed by atoms with van der Waals surface area (Å²) in [7, 11) is 1.62. The number of hydrogen-bond donors (Lipinski definition) is 2. The van der Waals surface area contributed by atoms with Crippen molar-refractivity contribution in [1.29, 1.82) is 0 Å². The summed E-state index contributed by atoms with van der Waals surface area (Å²) in [5.41, 5.74) is -0.327. The first kappa shape index (κ1) is 14.2. The first-order chi connectivity index (χ1) is 9.58. The lowest BCUT2D eigenvalue weighted by atomic mass is 10.1. The lowest BCUT2D eigenvalue weighted by Gasteiger charge is -2.23. The fourth-order valence-corrected chi connectivity index (χ4v) is 2.35. The second-order valence-corrected chi connectivity index (χ2v) is 4.57. The number of carbonyl (C=O) groups excluding carboxylic acids is 1. The maximum absolute atomic E-state index is 12.5. The van der Waals surface area contributed by atoms with Crippen molar-refractivity contribution in [2.45, 2.75) is 18.9 Å². The summed E-state index contributed by atoms with van der Waals surface area (Å²) in [5.74, 6) is -0.0501. The number of rotatable bonds is 4. The van der Waals surface area contributed by atoms with Crippen LogP contribution < -0.4 is 5.32 Å². The number of aliphatic hydroxyl groups is 1. The van der Waals surface area contributed by atoms with Crippen LogP contribution in [0.15, 0.2) is 12.3 Å². The smallest absolute Gasteiger partial charge is 0.300 e. The van der Waals surface area contributed by atoms with Gasteiger partial charge in [0.2, 0.25) is 0 Å². The van der Waals surface area contributed by atoms with Crippen molar-refractivity contribution in [2.75, 3.05) is 25.5 Å². The minimum Gasteiger partial charge on any atom is -0.394 e. The van der Waals surface area contributed by atoms with Gasteiger partial charge in [0.1, 0.15) is 17.6 Å². The number of hydrogen-bond acceptors (Lipinski definition) is 6. The number of nitrogens with one attached hydrogen (secondary N) is 1. The van der Waals surface area contributed by atoms with E-state index in [9.17, 15) is 20.0 Å². The predicted octanol–water partition coefficient (Wildman–Crippen LogP) is 0.628. The van der Waals surface area contributed by atoms with Crippen LogP contribution in [0.5, 0.6) is 0 Å². The summed E-state index contributed by atoms with van der Waals surface area (Å²) in [6, 6.07) is 1.10. The number of amides is 1. The van der Waals surface area contributed by atoms with Gasteiger partial charge in [0.15, 0.2) is 0 Å². The van der Waals surface area contributed by atoms with Gasteiger partial charge >= 0.3 is 0 Å². The number of likely N-dealkylation sites (tertiary alicyclic amines) is 1. The fourth-order valence-electron chi connectivity index (χ4n) is 2.35. The Bertz CT molecular complexity index is 534. The Morgan fingerprint density at radius 3 is 3.05 bits per heavy atom. The first-order valence-corrected chi connectivity index (χ1v) is 6.32. The summed E-state index contributed by atoms with van der Waals surface area (Å²) in [6.07, 6.45) is 2.57. The summed E-state index contributed by atoms with van der Waals surface area (Å²) < 4.78 is 0. The van der Waals surface area contributed by atoms with Crippen molar-refractivity contribution in [3.63, 3.8) is 0 Å². The number of anilines is 1. The number of pyridine rings is 1. The first-order valence-electron chi connectivity index (χ1n) is 6.32. The Balaban J connectivity index is 2.39. The highest BCUT2D eigenvalue weighted by Crippen LogP contribution is 2.26. The molecule has 20 heavy (non-hydrogen) atoms. The zero-order valence-corrected chi connectivity index (χ0v) is 11.1. The van der Waals surface area contributed by atoms with E-state index in [1.807, 2.05) is 0 Å². The lowest BCUT2D eigenvalue weighted by molar-refractivity contribution is -0.385. The monoisotopic (exact) mass is 280 g/mol. The highest BCUT2D eigenvalue weighted by atomic mass is 16.6. The van der Waals surface area contributed by atoms with Gasteiger partial charge in [0.25, 0.3) is 11.6 Å². The van der Waals surface area contributed by atoms with Crippen LogP contribution in [0.4, 0.5) is 11.5 Å². The average molecular weight is 280 g/mol. The van der Waals surface area contributed by atoms with Gasteiger partial charge in [-0.1, -0.05) is 0 Å². The molecule has 1 amide bonds. The maximum atomic E-state index is 12.5. The maximum Gasteiger partial charge on any atom is 0.300 e. The molecular formula is C12H16N4O4. The molecule has 1 fully saturated rings. The molecule has 2 heterocycles. The van der Waals surface area contributed by atoms with Gasteiger partial charge in [-0.3, -0.25) is 14.9 Å². The van der Waals surface area contributed by atoms with Gasteiger partial charge in [-0.15, -0.1) is 0 Å². The molecule has 0 bridgehead atoms. The van der Waals surface area contributed by atoms with Crippen molar-refractivity contribution in [3.8, 4) is 0 Å². The van der Waals surface area contributed by atoms with Crippen LogP contribution >= 0.6 is 0 Å². The van der Waals surface area contributed by atoms with Gasteiger partial charge in [-0.2, -0.15) is 0 Å². The van der Waals surface area contributed by atoms with E-state index in [-0.39, 0.29) is 23.9 Å². The number of nitrogens with zero attached hydrogens (tertiary/aromatic N) is 3. The van der Waals surface area contributed by atoms with Crippen molar-refractivity contribution in [3.05, 3.63) is 27.9 Å². The molecule has 8 nitrogen and oxygen atoms in total. The van der Waals surface area contributed by atoms with Crippen LogP contribution in [0.2, 0.25) is 0 Å².